The molecular formula is C27H43O3P. The molecule has 0 spiro atoms. The minimum atomic E-state index is -5.31. The van der Waals surface area contributed by atoms with E-state index in [1.807, 2.05) is 18.2 Å². The fourth-order valence-corrected chi connectivity index (χ4v) is 5.92. The van der Waals surface area contributed by atoms with Crippen LogP contribution in [-0.4, -0.2) is 14.7 Å². The van der Waals surface area contributed by atoms with Crippen LogP contribution in [0.1, 0.15) is 98.3 Å². The van der Waals surface area contributed by atoms with E-state index in [9.17, 15) is 14.7 Å². The molecule has 0 aromatic heterocycles. The van der Waals surface area contributed by atoms with Crippen molar-refractivity contribution in [2.24, 2.45) is 0 Å². The molecule has 31 heavy (non-hydrogen) atoms. The summed E-state index contributed by atoms with van der Waals surface area (Å²) in [5.74, 6) is 0. The average molecular weight is 447 g/mol. The fourth-order valence-electron chi connectivity index (χ4n) is 3.78. The molecule has 0 aliphatic carbocycles. The van der Waals surface area contributed by atoms with Crippen LogP contribution in [0.4, 0.5) is 0 Å². The van der Waals surface area contributed by atoms with E-state index in [-0.39, 0.29) is 26.9 Å². The average Bonchev–Trinajstić information content (AvgIpc) is 2.73. The molecule has 2 aromatic rings. The predicted octanol–water partition coefficient (Wildman–Crippen LogP) is 5.98. The molecule has 0 saturated carbocycles. The Morgan fingerprint density at radius 1 is 0.613 bits per heavy atom. The van der Waals surface area contributed by atoms with Gasteiger partial charge in [0.05, 0.1) is 0 Å². The standard InChI is InChI=1S/C27H43O3P/c1-10-25(4,5)20-13-16-22(17-14-20)31(28,29,30)24-18-15-21(26(6,7)11-2)19-23(24)27(8,9)12-3/h13-19,28-30H,10-12H2,1-9H3. The van der Waals surface area contributed by atoms with Crippen LogP contribution in [0.25, 0.3) is 0 Å². The van der Waals surface area contributed by atoms with Crippen molar-refractivity contribution in [3.05, 3.63) is 59.2 Å². The van der Waals surface area contributed by atoms with Crippen LogP contribution < -0.4 is 10.6 Å². The van der Waals surface area contributed by atoms with E-state index < -0.39 is 7.28 Å². The summed E-state index contributed by atoms with van der Waals surface area (Å²) in [6.07, 6.45) is 2.75. The zero-order chi connectivity index (χ0) is 23.9. The first-order valence-corrected chi connectivity index (χ1v) is 13.6. The number of hydrogen-bond acceptors (Lipinski definition) is 3. The van der Waals surface area contributed by atoms with E-state index in [0.29, 0.717) is 0 Å². The fraction of sp³-hybridized carbons (Fsp3) is 0.556. The number of hydrogen-bond donors (Lipinski definition) is 3. The molecule has 2 aromatic carbocycles. The van der Waals surface area contributed by atoms with Crippen molar-refractivity contribution >= 4 is 17.9 Å². The van der Waals surface area contributed by atoms with Crippen molar-refractivity contribution in [1.82, 2.24) is 0 Å². The summed E-state index contributed by atoms with van der Waals surface area (Å²) >= 11 is 0. The molecule has 0 unspecified atom stereocenters. The molecule has 0 amide bonds. The molecule has 0 radical (unpaired) electrons. The van der Waals surface area contributed by atoms with Gasteiger partial charge in [-0.25, -0.2) is 0 Å². The second-order valence-corrected chi connectivity index (χ2v) is 13.9. The summed E-state index contributed by atoms with van der Waals surface area (Å²) in [6.45, 7) is 19.3. The van der Waals surface area contributed by atoms with Crippen LogP contribution in [0.3, 0.4) is 0 Å². The zero-order valence-corrected chi connectivity index (χ0v) is 21.8. The number of benzene rings is 2. The maximum atomic E-state index is 11.5. The van der Waals surface area contributed by atoms with E-state index in [0.717, 1.165) is 36.0 Å². The van der Waals surface area contributed by atoms with Crippen molar-refractivity contribution in [2.45, 2.75) is 97.8 Å². The summed E-state index contributed by atoms with van der Waals surface area (Å²) < 4.78 is 0. The van der Waals surface area contributed by atoms with Crippen LogP contribution in [0.15, 0.2) is 42.5 Å². The molecular weight excluding hydrogens is 403 g/mol. The van der Waals surface area contributed by atoms with Gasteiger partial charge in [-0.2, -0.15) is 0 Å². The Balaban J connectivity index is 2.74. The van der Waals surface area contributed by atoms with Crippen molar-refractivity contribution < 1.29 is 14.7 Å². The molecule has 0 aliphatic heterocycles. The van der Waals surface area contributed by atoms with Gasteiger partial charge < -0.3 is 0 Å². The van der Waals surface area contributed by atoms with Gasteiger partial charge in [-0.3, -0.25) is 0 Å². The Hall–Kier alpha value is -1.25. The molecule has 4 heteroatoms. The summed E-state index contributed by atoms with van der Waals surface area (Å²) in [5.41, 5.74) is 2.68. The molecule has 0 heterocycles. The van der Waals surface area contributed by atoms with Crippen LogP contribution >= 0.6 is 7.28 Å². The van der Waals surface area contributed by atoms with Gasteiger partial charge in [-0.05, 0) is 0 Å². The Morgan fingerprint density at radius 3 is 1.48 bits per heavy atom. The zero-order valence-electron chi connectivity index (χ0n) is 21.0. The predicted molar refractivity (Wildman–Crippen MR) is 136 cm³/mol. The first-order chi connectivity index (χ1) is 14.0. The van der Waals surface area contributed by atoms with Crippen LogP contribution in [0.5, 0.6) is 0 Å². The van der Waals surface area contributed by atoms with Gasteiger partial charge in [0.25, 0.3) is 0 Å². The maximum absolute atomic E-state index is 11.5. The second kappa shape index (κ2) is 8.27. The van der Waals surface area contributed by atoms with Gasteiger partial charge >= 0.3 is 190 Å². The van der Waals surface area contributed by atoms with Crippen molar-refractivity contribution in [3.8, 4) is 0 Å². The van der Waals surface area contributed by atoms with Crippen molar-refractivity contribution in [2.75, 3.05) is 0 Å². The van der Waals surface area contributed by atoms with Crippen molar-refractivity contribution in [1.29, 1.82) is 0 Å². The SMILES string of the molecule is CCC(C)(C)c1ccc(P(O)(O)(O)c2ccc(C(C)(C)CC)cc2C(C)(C)CC)cc1. The summed E-state index contributed by atoms with van der Waals surface area (Å²) in [6, 6.07) is 12.9. The summed E-state index contributed by atoms with van der Waals surface area (Å²) in [4.78, 5) is 34.5. The normalized spacial score (nSPS) is 14.9. The van der Waals surface area contributed by atoms with Gasteiger partial charge in [-0.1, -0.05) is 0 Å². The van der Waals surface area contributed by atoms with Gasteiger partial charge in [0.1, 0.15) is 0 Å². The topological polar surface area (TPSA) is 60.7 Å². The number of rotatable bonds is 8. The van der Waals surface area contributed by atoms with Gasteiger partial charge in [0.15, 0.2) is 0 Å². The third kappa shape index (κ3) is 4.91. The van der Waals surface area contributed by atoms with Gasteiger partial charge in [0, 0.05) is 0 Å². The van der Waals surface area contributed by atoms with E-state index in [1.54, 1.807) is 18.2 Å². The van der Waals surface area contributed by atoms with Gasteiger partial charge in [0.2, 0.25) is 0 Å². The van der Waals surface area contributed by atoms with E-state index in [4.69, 9.17) is 0 Å². The van der Waals surface area contributed by atoms with E-state index in [2.05, 4.69) is 68.4 Å². The molecule has 0 saturated heterocycles. The van der Waals surface area contributed by atoms with Gasteiger partial charge in [-0.15, -0.1) is 0 Å². The monoisotopic (exact) mass is 446 g/mol. The Labute approximate surface area is 189 Å². The Kier molecular flexibility index (Phi) is 6.94. The quantitative estimate of drug-likeness (QED) is 0.438. The first kappa shape index (κ1) is 26.0. The third-order valence-electron chi connectivity index (χ3n) is 7.73. The van der Waals surface area contributed by atoms with Crippen molar-refractivity contribution in [3.63, 3.8) is 0 Å². The molecule has 2 rings (SSSR count). The molecule has 3 nitrogen and oxygen atoms in total. The van der Waals surface area contributed by atoms with E-state index in [1.165, 1.54) is 0 Å². The Morgan fingerprint density at radius 2 is 1.03 bits per heavy atom. The molecule has 174 valence electrons. The summed E-state index contributed by atoms with van der Waals surface area (Å²) in [5, 5.41) is 0.424. The third-order valence-corrected chi connectivity index (χ3v) is 10.3. The molecule has 0 atom stereocenters. The van der Waals surface area contributed by atoms with Crippen LogP contribution in [-0.2, 0) is 16.2 Å². The molecule has 3 N–H and O–H groups in total. The molecule has 0 aliphatic rings. The minimum absolute atomic E-state index is 0.0158. The Bertz CT molecular complexity index is 916. The summed E-state index contributed by atoms with van der Waals surface area (Å²) in [7, 11) is -5.31. The second-order valence-electron chi connectivity index (χ2n) is 11.0. The van der Waals surface area contributed by atoms with Crippen LogP contribution in [0, 0.1) is 0 Å². The first-order valence-electron chi connectivity index (χ1n) is 11.5. The van der Waals surface area contributed by atoms with Crippen LogP contribution in [0.2, 0.25) is 0 Å². The molecule has 0 fully saturated rings. The van der Waals surface area contributed by atoms with E-state index >= 15 is 0 Å². The molecule has 0 bridgehead atoms.